The summed E-state index contributed by atoms with van der Waals surface area (Å²) in [5.41, 5.74) is 4.35. The molecule has 2 aromatic heterocycles. The number of fused-ring (bicyclic) bond motifs is 1. The highest BCUT2D eigenvalue weighted by Gasteiger charge is 2.21. The smallest absolute Gasteiger partial charge is 0.253 e. The average molecular weight is 500 g/mol. The van der Waals surface area contributed by atoms with Crippen LogP contribution in [-0.2, 0) is 4.74 Å². The van der Waals surface area contributed by atoms with E-state index in [0.717, 1.165) is 29.5 Å². The summed E-state index contributed by atoms with van der Waals surface area (Å²) in [6, 6.07) is 13.7. The number of carbonyl (C=O) groups is 1. The van der Waals surface area contributed by atoms with Crippen molar-refractivity contribution in [2.24, 2.45) is 0 Å². The highest BCUT2D eigenvalue weighted by molar-refractivity contribution is 5.96. The minimum Gasteiger partial charge on any atom is -0.489 e. The van der Waals surface area contributed by atoms with Gasteiger partial charge < -0.3 is 18.8 Å². The number of benzene rings is 2. The molecule has 188 valence electrons. The molecule has 5 rings (SSSR count). The van der Waals surface area contributed by atoms with Gasteiger partial charge in [-0.1, -0.05) is 6.07 Å². The van der Waals surface area contributed by atoms with E-state index in [1.165, 1.54) is 17.0 Å². The van der Waals surface area contributed by atoms with Crippen molar-refractivity contribution in [3.63, 3.8) is 0 Å². The molecule has 0 saturated carbocycles. The maximum atomic E-state index is 15.0. The Morgan fingerprint density at radius 3 is 2.65 bits per heavy atom. The van der Waals surface area contributed by atoms with Crippen LogP contribution >= 0.6 is 0 Å². The largest absolute Gasteiger partial charge is 0.489 e. The number of nitrogens with zero attached hydrogens (tertiary/aromatic N) is 3. The number of halogens is 1. The van der Waals surface area contributed by atoms with E-state index in [1.54, 1.807) is 44.6 Å². The molecule has 0 aliphatic carbocycles. The zero-order chi connectivity index (χ0) is 26.1. The Morgan fingerprint density at radius 1 is 1.16 bits per heavy atom. The minimum atomic E-state index is -0.564. The SMILES string of the molecule is Cc1cnc2cc(-c3ccc(C(=O)N(C)C)cc3F)oc2c1-c1ccc(OC2CCOCC2)c(C#N)c1. The fourth-order valence-corrected chi connectivity index (χ4v) is 4.51. The molecule has 8 heteroatoms. The number of pyridine rings is 1. The van der Waals surface area contributed by atoms with E-state index in [4.69, 9.17) is 13.9 Å². The maximum absolute atomic E-state index is 15.0. The molecule has 0 spiro atoms. The molecular weight excluding hydrogens is 473 g/mol. The van der Waals surface area contributed by atoms with E-state index < -0.39 is 5.82 Å². The van der Waals surface area contributed by atoms with Crippen LogP contribution in [0.5, 0.6) is 5.75 Å². The molecule has 4 aromatic rings. The fraction of sp³-hybridized carbons (Fsp3) is 0.276. The predicted octanol–water partition coefficient (Wildman–Crippen LogP) is 5.74. The van der Waals surface area contributed by atoms with Crippen LogP contribution < -0.4 is 4.74 Å². The molecule has 1 amide bonds. The zero-order valence-electron chi connectivity index (χ0n) is 20.9. The van der Waals surface area contributed by atoms with Gasteiger partial charge in [-0.15, -0.1) is 0 Å². The average Bonchev–Trinajstić information content (AvgIpc) is 3.33. The molecular formula is C29H26FN3O4. The van der Waals surface area contributed by atoms with Crippen molar-refractivity contribution in [3.8, 4) is 34.3 Å². The van der Waals surface area contributed by atoms with E-state index in [1.807, 2.05) is 13.0 Å². The number of hydrogen-bond acceptors (Lipinski definition) is 6. The quantitative estimate of drug-likeness (QED) is 0.348. The Hall–Kier alpha value is -4.22. The molecule has 2 aromatic carbocycles. The van der Waals surface area contributed by atoms with E-state index >= 15 is 4.39 Å². The Balaban J connectivity index is 1.53. The van der Waals surface area contributed by atoms with Gasteiger partial charge in [-0.2, -0.15) is 5.26 Å². The number of hydrogen-bond donors (Lipinski definition) is 0. The lowest BCUT2D eigenvalue weighted by atomic mass is 9.99. The van der Waals surface area contributed by atoms with Crippen LogP contribution in [-0.4, -0.2) is 49.2 Å². The molecule has 0 atom stereocenters. The second kappa shape index (κ2) is 10.0. The van der Waals surface area contributed by atoms with Crippen LogP contribution in [0.3, 0.4) is 0 Å². The second-order valence-corrected chi connectivity index (χ2v) is 9.29. The molecule has 0 bridgehead atoms. The van der Waals surface area contributed by atoms with Gasteiger partial charge in [0.1, 0.15) is 35.0 Å². The number of nitriles is 1. The number of ether oxygens (including phenoxy) is 2. The Bertz CT molecular complexity index is 1530. The van der Waals surface area contributed by atoms with Gasteiger partial charge in [-0.25, -0.2) is 4.39 Å². The van der Waals surface area contributed by atoms with E-state index in [0.29, 0.717) is 41.4 Å². The van der Waals surface area contributed by atoms with Gasteiger partial charge in [0.15, 0.2) is 5.58 Å². The number of rotatable bonds is 5. The number of amides is 1. The molecule has 0 radical (unpaired) electrons. The monoisotopic (exact) mass is 499 g/mol. The van der Waals surface area contributed by atoms with Crippen LogP contribution in [0.15, 0.2) is 53.1 Å². The highest BCUT2D eigenvalue weighted by atomic mass is 19.1. The first-order valence-electron chi connectivity index (χ1n) is 12.1. The number of aromatic nitrogens is 1. The summed E-state index contributed by atoms with van der Waals surface area (Å²) in [5.74, 6) is -0.00932. The summed E-state index contributed by atoms with van der Waals surface area (Å²) in [6.07, 6.45) is 3.31. The number of furan rings is 1. The summed E-state index contributed by atoms with van der Waals surface area (Å²) >= 11 is 0. The second-order valence-electron chi connectivity index (χ2n) is 9.29. The van der Waals surface area contributed by atoms with Gasteiger partial charge in [0.25, 0.3) is 5.91 Å². The third kappa shape index (κ3) is 4.78. The number of aryl methyl sites for hydroxylation is 1. The molecule has 0 N–H and O–H groups in total. The van der Waals surface area contributed by atoms with Gasteiger partial charge in [-0.3, -0.25) is 9.78 Å². The van der Waals surface area contributed by atoms with Crippen molar-refractivity contribution in [1.82, 2.24) is 9.88 Å². The van der Waals surface area contributed by atoms with Crippen LogP contribution in [0.25, 0.3) is 33.6 Å². The van der Waals surface area contributed by atoms with E-state index in [2.05, 4.69) is 11.1 Å². The van der Waals surface area contributed by atoms with Crippen molar-refractivity contribution in [1.29, 1.82) is 5.26 Å². The van der Waals surface area contributed by atoms with Crippen LogP contribution in [0.2, 0.25) is 0 Å². The van der Waals surface area contributed by atoms with Gasteiger partial charge >= 0.3 is 0 Å². The normalized spacial score (nSPS) is 13.9. The topological polar surface area (TPSA) is 88.6 Å². The molecule has 37 heavy (non-hydrogen) atoms. The minimum absolute atomic E-state index is 0.0167. The molecule has 1 aliphatic heterocycles. The van der Waals surface area contributed by atoms with Crippen molar-refractivity contribution in [3.05, 3.63) is 71.2 Å². The molecule has 3 heterocycles. The van der Waals surface area contributed by atoms with E-state index in [-0.39, 0.29) is 23.1 Å². The summed E-state index contributed by atoms with van der Waals surface area (Å²) in [6.45, 7) is 3.20. The summed E-state index contributed by atoms with van der Waals surface area (Å²) in [5, 5.41) is 9.82. The molecule has 1 fully saturated rings. The summed E-state index contributed by atoms with van der Waals surface area (Å²) < 4.78 is 32.7. The van der Waals surface area contributed by atoms with Gasteiger partial charge in [0, 0.05) is 50.3 Å². The molecule has 7 nitrogen and oxygen atoms in total. The van der Waals surface area contributed by atoms with Crippen LogP contribution in [0, 0.1) is 24.1 Å². The Kier molecular flexibility index (Phi) is 6.64. The first kappa shape index (κ1) is 24.5. The van der Waals surface area contributed by atoms with Gasteiger partial charge in [-0.05, 0) is 48.4 Å². The van der Waals surface area contributed by atoms with Crippen molar-refractivity contribution >= 4 is 17.0 Å². The fourth-order valence-electron chi connectivity index (χ4n) is 4.51. The highest BCUT2D eigenvalue weighted by Crippen LogP contribution is 2.38. The number of carbonyl (C=O) groups excluding carboxylic acids is 1. The van der Waals surface area contributed by atoms with Crippen molar-refractivity contribution in [2.75, 3.05) is 27.3 Å². The van der Waals surface area contributed by atoms with Crippen molar-refractivity contribution in [2.45, 2.75) is 25.9 Å². The Morgan fingerprint density at radius 2 is 1.95 bits per heavy atom. The summed E-state index contributed by atoms with van der Waals surface area (Å²) in [4.78, 5) is 18.1. The van der Waals surface area contributed by atoms with Gasteiger partial charge in [0.2, 0.25) is 0 Å². The first-order chi connectivity index (χ1) is 17.9. The van der Waals surface area contributed by atoms with Crippen molar-refractivity contribution < 1.29 is 23.1 Å². The molecule has 1 aliphatic rings. The first-order valence-corrected chi connectivity index (χ1v) is 12.1. The lowest BCUT2D eigenvalue weighted by Crippen LogP contribution is -2.26. The van der Waals surface area contributed by atoms with Crippen LogP contribution in [0.1, 0.15) is 34.3 Å². The lowest BCUT2D eigenvalue weighted by Gasteiger charge is -2.24. The van der Waals surface area contributed by atoms with E-state index in [9.17, 15) is 10.1 Å². The third-order valence-corrected chi connectivity index (χ3v) is 6.47. The lowest BCUT2D eigenvalue weighted by molar-refractivity contribution is 0.0254. The molecule has 0 unspecified atom stereocenters. The van der Waals surface area contributed by atoms with Gasteiger partial charge in [0.05, 0.1) is 24.3 Å². The summed E-state index contributed by atoms with van der Waals surface area (Å²) in [7, 11) is 3.23. The third-order valence-electron chi connectivity index (χ3n) is 6.47. The standard InChI is InChI=1S/C29H26FN3O4/c1-17-16-32-24-14-26(22-6-4-19(13-23(22)30)29(34)33(2)3)37-28(24)27(17)18-5-7-25(20(12-18)15-31)36-21-8-10-35-11-9-21/h4-7,12-14,16,21H,8-11H2,1-3H3. The Labute approximate surface area is 214 Å². The van der Waals surface area contributed by atoms with Crippen LogP contribution in [0.4, 0.5) is 4.39 Å². The zero-order valence-corrected chi connectivity index (χ0v) is 20.9. The maximum Gasteiger partial charge on any atom is 0.253 e. The predicted molar refractivity (Wildman–Crippen MR) is 137 cm³/mol. The molecule has 1 saturated heterocycles.